The van der Waals surface area contributed by atoms with Gasteiger partial charge in [0, 0.05) is 6.42 Å². The van der Waals surface area contributed by atoms with Gasteiger partial charge in [-0.25, -0.2) is 0 Å². The molecule has 0 unspecified atom stereocenters. The van der Waals surface area contributed by atoms with Crippen molar-refractivity contribution in [3.8, 4) is 0 Å². The normalized spacial score (nSPS) is 29.0. The SMILES string of the molecule is C=CC[C@@H](C(=O)OC)[C@H]1C[C@](C)(O[Si](C)(C)C)CO1. The van der Waals surface area contributed by atoms with Crippen molar-refractivity contribution in [3.63, 3.8) is 0 Å². The number of ether oxygens (including phenoxy) is 2. The molecule has 0 aromatic heterocycles. The molecule has 1 rings (SSSR count). The molecule has 1 saturated heterocycles. The van der Waals surface area contributed by atoms with Crippen molar-refractivity contribution >= 4 is 14.3 Å². The summed E-state index contributed by atoms with van der Waals surface area (Å²) in [6.07, 6.45) is 2.89. The second kappa shape index (κ2) is 6.20. The number of allylic oxidation sites excluding steroid dienone is 1. The molecule has 0 aromatic carbocycles. The van der Waals surface area contributed by atoms with Crippen LogP contribution in [0, 0.1) is 5.92 Å². The van der Waals surface area contributed by atoms with E-state index < -0.39 is 8.32 Å². The second-order valence-corrected chi connectivity index (χ2v) is 10.8. The molecule has 0 spiro atoms. The van der Waals surface area contributed by atoms with Gasteiger partial charge in [0.25, 0.3) is 0 Å². The van der Waals surface area contributed by atoms with Crippen LogP contribution in [0.5, 0.6) is 0 Å². The monoisotopic (exact) mass is 286 g/mol. The van der Waals surface area contributed by atoms with Gasteiger partial charge in [-0.15, -0.1) is 6.58 Å². The summed E-state index contributed by atoms with van der Waals surface area (Å²) < 4.78 is 16.8. The van der Waals surface area contributed by atoms with Crippen molar-refractivity contribution in [2.45, 2.75) is 51.1 Å². The Hall–Kier alpha value is -0.653. The highest BCUT2D eigenvalue weighted by Gasteiger charge is 2.44. The zero-order valence-corrected chi connectivity index (χ0v) is 13.7. The summed E-state index contributed by atoms with van der Waals surface area (Å²) >= 11 is 0. The van der Waals surface area contributed by atoms with E-state index in [1.54, 1.807) is 6.08 Å². The molecule has 0 aliphatic carbocycles. The van der Waals surface area contributed by atoms with Crippen LogP contribution < -0.4 is 0 Å². The lowest BCUT2D eigenvalue weighted by molar-refractivity contribution is -0.149. The first kappa shape index (κ1) is 16.4. The first-order valence-electron chi connectivity index (χ1n) is 6.71. The quantitative estimate of drug-likeness (QED) is 0.428. The van der Waals surface area contributed by atoms with Crippen LogP contribution in [0.15, 0.2) is 12.7 Å². The zero-order chi connectivity index (χ0) is 14.7. The van der Waals surface area contributed by atoms with Crippen molar-refractivity contribution in [2.75, 3.05) is 13.7 Å². The van der Waals surface area contributed by atoms with E-state index in [4.69, 9.17) is 13.9 Å². The first-order chi connectivity index (χ1) is 8.71. The number of hydrogen-bond donors (Lipinski definition) is 0. The molecular formula is C14H26O4Si. The predicted octanol–water partition coefficient (Wildman–Crippen LogP) is 2.75. The van der Waals surface area contributed by atoms with Crippen LogP contribution in [0.4, 0.5) is 0 Å². The van der Waals surface area contributed by atoms with E-state index in [0.717, 1.165) is 6.42 Å². The highest BCUT2D eigenvalue weighted by atomic mass is 28.4. The Balaban J connectivity index is 2.72. The summed E-state index contributed by atoms with van der Waals surface area (Å²) in [5.74, 6) is -0.517. The van der Waals surface area contributed by atoms with E-state index in [-0.39, 0.29) is 23.6 Å². The van der Waals surface area contributed by atoms with Crippen molar-refractivity contribution in [3.05, 3.63) is 12.7 Å². The van der Waals surface area contributed by atoms with E-state index >= 15 is 0 Å². The largest absolute Gasteiger partial charge is 0.469 e. The van der Waals surface area contributed by atoms with Gasteiger partial charge in [0.15, 0.2) is 8.32 Å². The van der Waals surface area contributed by atoms with Crippen LogP contribution in [0.2, 0.25) is 19.6 Å². The van der Waals surface area contributed by atoms with Crippen LogP contribution in [0.1, 0.15) is 19.8 Å². The maximum absolute atomic E-state index is 11.8. The van der Waals surface area contributed by atoms with Gasteiger partial charge < -0.3 is 13.9 Å². The van der Waals surface area contributed by atoms with Gasteiger partial charge in [-0.2, -0.15) is 0 Å². The minimum absolute atomic E-state index is 0.146. The number of carbonyl (C=O) groups is 1. The molecule has 0 radical (unpaired) electrons. The molecule has 5 heteroatoms. The predicted molar refractivity (Wildman–Crippen MR) is 77.5 cm³/mol. The number of methoxy groups -OCH3 is 1. The lowest BCUT2D eigenvalue weighted by Crippen LogP contribution is -2.41. The fraction of sp³-hybridized carbons (Fsp3) is 0.786. The molecule has 4 nitrogen and oxygen atoms in total. The van der Waals surface area contributed by atoms with Crippen molar-refractivity contribution in [1.29, 1.82) is 0 Å². The molecule has 0 N–H and O–H groups in total. The molecule has 1 fully saturated rings. The molecule has 1 heterocycles. The van der Waals surface area contributed by atoms with Gasteiger partial charge in [-0.1, -0.05) is 6.08 Å². The molecule has 1 aliphatic heterocycles. The second-order valence-electron chi connectivity index (χ2n) is 6.37. The molecule has 19 heavy (non-hydrogen) atoms. The number of rotatable bonds is 6. The zero-order valence-electron chi connectivity index (χ0n) is 12.7. The lowest BCUT2D eigenvalue weighted by Gasteiger charge is -2.31. The molecule has 1 aliphatic rings. The number of carbonyl (C=O) groups excluding carboxylic acids is 1. The van der Waals surface area contributed by atoms with Crippen LogP contribution in [0.3, 0.4) is 0 Å². The number of esters is 1. The highest BCUT2D eigenvalue weighted by Crippen LogP contribution is 2.35. The average molecular weight is 286 g/mol. The van der Waals surface area contributed by atoms with Gasteiger partial charge in [0.2, 0.25) is 0 Å². The smallest absolute Gasteiger partial charge is 0.311 e. The van der Waals surface area contributed by atoms with Crippen molar-refractivity contribution in [1.82, 2.24) is 0 Å². The standard InChI is InChI=1S/C14H26O4Si/c1-7-8-11(13(15)16-3)12-9-14(2,10-17-12)18-19(4,5)6/h7,11-12H,1,8-10H2,2-6H3/t11-,12-,14+/m1/s1. The highest BCUT2D eigenvalue weighted by molar-refractivity contribution is 6.69. The lowest BCUT2D eigenvalue weighted by atomic mass is 9.92. The van der Waals surface area contributed by atoms with Gasteiger partial charge in [0.05, 0.1) is 31.3 Å². The van der Waals surface area contributed by atoms with E-state index in [9.17, 15) is 4.79 Å². The Kier molecular flexibility index (Phi) is 5.35. The molecule has 0 amide bonds. The fourth-order valence-electron chi connectivity index (χ4n) is 2.63. The van der Waals surface area contributed by atoms with Gasteiger partial charge in [-0.3, -0.25) is 4.79 Å². The van der Waals surface area contributed by atoms with Crippen molar-refractivity contribution < 1.29 is 18.7 Å². The maximum Gasteiger partial charge on any atom is 0.311 e. The molecule has 3 atom stereocenters. The summed E-state index contributed by atoms with van der Waals surface area (Å²) in [5.41, 5.74) is -0.289. The van der Waals surface area contributed by atoms with Crippen LogP contribution in [-0.4, -0.2) is 39.7 Å². The third kappa shape index (κ3) is 4.74. The van der Waals surface area contributed by atoms with E-state index in [1.165, 1.54) is 7.11 Å². The molecule has 0 saturated carbocycles. The third-order valence-corrected chi connectivity index (χ3v) is 4.27. The minimum atomic E-state index is -1.63. The molecule has 110 valence electrons. The minimum Gasteiger partial charge on any atom is -0.469 e. The number of hydrogen-bond acceptors (Lipinski definition) is 4. The van der Waals surface area contributed by atoms with E-state index in [0.29, 0.717) is 13.0 Å². The Morgan fingerprint density at radius 3 is 2.68 bits per heavy atom. The van der Waals surface area contributed by atoms with Crippen molar-refractivity contribution in [2.24, 2.45) is 5.92 Å². The summed E-state index contributed by atoms with van der Waals surface area (Å²) in [5, 5.41) is 0. The Labute approximate surface area is 117 Å². The summed E-state index contributed by atoms with van der Waals surface area (Å²) in [6.45, 7) is 12.8. The first-order valence-corrected chi connectivity index (χ1v) is 10.1. The fourth-order valence-corrected chi connectivity index (χ4v) is 4.25. The van der Waals surface area contributed by atoms with E-state index in [2.05, 4.69) is 33.1 Å². The summed E-state index contributed by atoms with van der Waals surface area (Å²) in [4.78, 5) is 11.8. The molecule has 0 aromatic rings. The molecule has 0 bridgehead atoms. The van der Waals surface area contributed by atoms with Gasteiger partial charge >= 0.3 is 5.97 Å². The maximum atomic E-state index is 11.8. The third-order valence-electron chi connectivity index (χ3n) is 3.16. The van der Waals surface area contributed by atoms with Gasteiger partial charge in [0.1, 0.15) is 0 Å². The Morgan fingerprint density at radius 2 is 2.21 bits per heavy atom. The Bertz CT molecular complexity index is 337. The van der Waals surface area contributed by atoms with Crippen LogP contribution in [0.25, 0.3) is 0 Å². The topological polar surface area (TPSA) is 44.8 Å². The van der Waals surface area contributed by atoms with Gasteiger partial charge in [-0.05, 0) is 33.0 Å². The average Bonchev–Trinajstić information content (AvgIpc) is 2.64. The van der Waals surface area contributed by atoms with E-state index in [1.807, 2.05) is 0 Å². The van der Waals surface area contributed by atoms with Crippen LogP contribution >= 0.6 is 0 Å². The summed E-state index contributed by atoms with van der Waals surface area (Å²) in [7, 11) is -0.221. The summed E-state index contributed by atoms with van der Waals surface area (Å²) in [6, 6.07) is 0. The Morgan fingerprint density at radius 1 is 1.58 bits per heavy atom. The van der Waals surface area contributed by atoms with Crippen LogP contribution in [-0.2, 0) is 18.7 Å². The molecular weight excluding hydrogens is 260 g/mol.